The zero-order chi connectivity index (χ0) is 14.6. The minimum Gasteiger partial charge on any atom is -0.360 e. The molecule has 0 bridgehead atoms. The Kier molecular flexibility index (Phi) is 5.98. The molecule has 2 aliphatic rings. The predicted molar refractivity (Wildman–Crippen MR) is 89.9 cm³/mol. The van der Waals surface area contributed by atoms with Gasteiger partial charge in [-0.15, -0.1) is 0 Å². The molecule has 0 spiro atoms. The van der Waals surface area contributed by atoms with Crippen LogP contribution in [-0.4, -0.2) is 53.6 Å². The first kappa shape index (κ1) is 16.4. The number of nitrogens with zero attached hydrogens (tertiary/aromatic N) is 1. The van der Waals surface area contributed by atoms with Crippen LogP contribution in [-0.2, 0) is 9.84 Å². The van der Waals surface area contributed by atoms with Gasteiger partial charge in [0.2, 0.25) is 0 Å². The van der Waals surface area contributed by atoms with Crippen LogP contribution < -0.4 is 5.32 Å². The van der Waals surface area contributed by atoms with E-state index in [0.717, 1.165) is 25.1 Å². The lowest BCUT2D eigenvalue weighted by molar-refractivity contribution is 0.367. The summed E-state index contributed by atoms with van der Waals surface area (Å²) in [5, 5.41) is 3.59. The van der Waals surface area contributed by atoms with E-state index in [1.807, 2.05) is 4.90 Å². The van der Waals surface area contributed by atoms with Crippen LogP contribution in [0.5, 0.6) is 0 Å². The molecular weight excluding hydrogens is 312 g/mol. The third kappa shape index (κ3) is 4.01. The van der Waals surface area contributed by atoms with Gasteiger partial charge in [0.1, 0.15) is 5.37 Å². The van der Waals surface area contributed by atoms with Crippen LogP contribution in [0.25, 0.3) is 0 Å². The lowest BCUT2D eigenvalue weighted by Gasteiger charge is -2.38. The maximum absolute atomic E-state index is 12.2. The number of thioether (sulfide) groups is 1. The van der Waals surface area contributed by atoms with E-state index in [9.17, 15) is 8.42 Å². The van der Waals surface area contributed by atoms with Gasteiger partial charge < -0.3 is 10.2 Å². The first-order valence-corrected chi connectivity index (χ1v) is 10.7. The SMILES string of the molecule is CCS(=O)(=O)C1CSCCN1C(=S)NC1CCCCC1. The average Bonchev–Trinajstić information content (AvgIpc) is 2.48. The van der Waals surface area contributed by atoms with E-state index in [1.54, 1.807) is 18.7 Å². The molecule has 1 N–H and O–H groups in total. The Morgan fingerprint density at radius 2 is 2.05 bits per heavy atom. The van der Waals surface area contributed by atoms with Crippen LogP contribution >= 0.6 is 24.0 Å². The molecule has 7 heteroatoms. The van der Waals surface area contributed by atoms with E-state index in [-0.39, 0.29) is 5.75 Å². The minimum atomic E-state index is -3.08. The van der Waals surface area contributed by atoms with E-state index in [1.165, 1.54) is 19.3 Å². The average molecular weight is 337 g/mol. The highest BCUT2D eigenvalue weighted by Crippen LogP contribution is 2.23. The third-order valence-corrected chi connectivity index (χ3v) is 7.74. The summed E-state index contributed by atoms with van der Waals surface area (Å²) >= 11 is 7.19. The van der Waals surface area contributed by atoms with Crippen molar-refractivity contribution < 1.29 is 8.42 Å². The number of hydrogen-bond donors (Lipinski definition) is 1. The van der Waals surface area contributed by atoms with Crippen LogP contribution in [0.1, 0.15) is 39.0 Å². The number of nitrogens with one attached hydrogen (secondary N) is 1. The molecule has 1 aliphatic heterocycles. The largest absolute Gasteiger partial charge is 0.360 e. The van der Waals surface area contributed by atoms with E-state index < -0.39 is 15.2 Å². The molecule has 2 fully saturated rings. The molecular formula is C13H24N2O2S3. The standard InChI is InChI=1S/C13H24N2O2S3/c1-2-20(16,17)12-10-19-9-8-15(12)13(18)14-11-6-4-3-5-7-11/h11-12H,2-10H2,1H3,(H,14,18). The summed E-state index contributed by atoms with van der Waals surface area (Å²) in [6, 6.07) is 0.427. The molecule has 1 saturated carbocycles. The van der Waals surface area contributed by atoms with Gasteiger partial charge in [-0.25, -0.2) is 8.42 Å². The number of hydrogen-bond acceptors (Lipinski definition) is 4. The fourth-order valence-corrected chi connectivity index (χ4v) is 6.24. The normalized spacial score (nSPS) is 25.4. The van der Waals surface area contributed by atoms with Gasteiger partial charge in [0.25, 0.3) is 0 Å². The fraction of sp³-hybridized carbons (Fsp3) is 0.923. The minimum absolute atomic E-state index is 0.181. The number of rotatable bonds is 3. The Bertz CT molecular complexity index is 433. The van der Waals surface area contributed by atoms with Gasteiger partial charge in [0.05, 0.1) is 0 Å². The molecule has 20 heavy (non-hydrogen) atoms. The summed E-state index contributed by atoms with van der Waals surface area (Å²) in [5.74, 6) is 1.76. The van der Waals surface area contributed by atoms with Crippen molar-refractivity contribution in [1.29, 1.82) is 0 Å². The van der Waals surface area contributed by atoms with E-state index >= 15 is 0 Å². The molecule has 0 radical (unpaired) electrons. The van der Waals surface area contributed by atoms with Gasteiger partial charge in [-0.2, -0.15) is 11.8 Å². The van der Waals surface area contributed by atoms with Crippen molar-refractivity contribution in [1.82, 2.24) is 10.2 Å². The molecule has 1 atom stereocenters. The molecule has 2 rings (SSSR count). The van der Waals surface area contributed by atoms with Crippen LogP contribution in [0.15, 0.2) is 0 Å². The topological polar surface area (TPSA) is 49.4 Å². The van der Waals surface area contributed by atoms with Crippen molar-refractivity contribution in [2.75, 3.05) is 23.8 Å². The lowest BCUT2D eigenvalue weighted by Crippen LogP contribution is -2.55. The summed E-state index contributed by atoms with van der Waals surface area (Å²) in [6.45, 7) is 2.44. The lowest BCUT2D eigenvalue weighted by atomic mass is 9.96. The Labute approximate surface area is 132 Å². The second-order valence-corrected chi connectivity index (χ2v) is 9.44. The molecule has 1 heterocycles. The molecule has 1 saturated heterocycles. The molecule has 0 aromatic rings. The van der Waals surface area contributed by atoms with Crippen molar-refractivity contribution >= 4 is 38.9 Å². The van der Waals surface area contributed by atoms with E-state index in [0.29, 0.717) is 16.9 Å². The van der Waals surface area contributed by atoms with Gasteiger partial charge in [-0.3, -0.25) is 0 Å². The maximum atomic E-state index is 12.2. The van der Waals surface area contributed by atoms with Crippen molar-refractivity contribution in [3.63, 3.8) is 0 Å². The summed E-state index contributed by atoms with van der Waals surface area (Å²) in [5.41, 5.74) is 0. The van der Waals surface area contributed by atoms with Crippen LogP contribution in [0.2, 0.25) is 0 Å². The van der Waals surface area contributed by atoms with Gasteiger partial charge in [0, 0.05) is 29.8 Å². The Hall–Kier alpha value is -0.0100. The zero-order valence-electron chi connectivity index (χ0n) is 12.0. The third-order valence-electron chi connectivity index (χ3n) is 4.10. The highest BCUT2D eigenvalue weighted by atomic mass is 32.2. The second-order valence-electron chi connectivity index (χ2n) is 5.46. The fourth-order valence-electron chi connectivity index (χ4n) is 2.81. The van der Waals surface area contributed by atoms with Crippen molar-refractivity contribution in [3.05, 3.63) is 0 Å². The Morgan fingerprint density at radius 3 is 2.70 bits per heavy atom. The molecule has 1 aliphatic carbocycles. The summed E-state index contributed by atoms with van der Waals surface area (Å²) in [7, 11) is -3.08. The highest BCUT2D eigenvalue weighted by molar-refractivity contribution is 8.01. The first-order valence-electron chi connectivity index (χ1n) is 7.41. The monoisotopic (exact) mass is 336 g/mol. The van der Waals surface area contributed by atoms with E-state index in [4.69, 9.17) is 12.2 Å². The summed E-state index contributed by atoms with van der Waals surface area (Å²) in [6.07, 6.45) is 6.08. The molecule has 116 valence electrons. The second kappa shape index (κ2) is 7.31. The van der Waals surface area contributed by atoms with Crippen molar-refractivity contribution in [2.24, 2.45) is 0 Å². The smallest absolute Gasteiger partial charge is 0.171 e. The van der Waals surface area contributed by atoms with E-state index in [2.05, 4.69) is 5.32 Å². The van der Waals surface area contributed by atoms with Crippen LogP contribution in [0, 0.1) is 0 Å². The van der Waals surface area contributed by atoms with Crippen LogP contribution in [0.3, 0.4) is 0 Å². The summed E-state index contributed by atoms with van der Waals surface area (Å²) < 4.78 is 24.4. The molecule has 0 aromatic carbocycles. The Balaban J connectivity index is 2.01. The molecule has 0 amide bonds. The number of sulfone groups is 1. The molecule has 4 nitrogen and oxygen atoms in total. The quantitative estimate of drug-likeness (QED) is 0.796. The number of thiocarbonyl (C=S) groups is 1. The predicted octanol–water partition coefficient (Wildman–Crippen LogP) is 2.00. The zero-order valence-corrected chi connectivity index (χ0v) is 14.5. The summed E-state index contributed by atoms with van der Waals surface area (Å²) in [4.78, 5) is 1.90. The highest BCUT2D eigenvalue weighted by Gasteiger charge is 2.34. The molecule has 1 unspecified atom stereocenters. The van der Waals surface area contributed by atoms with Crippen molar-refractivity contribution in [2.45, 2.75) is 50.4 Å². The van der Waals surface area contributed by atoms with Gasteiger partial charge in [-0.05, 0) is 25.1 Å². The van der Waals surface area contributed by atoms with Gasteiger partial charge in [-0.1, -0.05) is 26.2 Å². The van der Waals surface area contributed by atoms with Crippen LogP contribution in [0.4, 0.5) is 0 Å². The van der Waals surface area contributed by atoms with Crippen molar-refractivity contribution in [3.8, 4) is 0 Å². The van der Waals surface area contributed by atoms with Gasteiger partial charge in [0.15, 0.2) is 14.9 Å². The first-order chi connectivity index (χ1) is 9.54. The molecule has 0 aromatic heterocycles. The van der Waals surface area contributed by atoms with Gasteiger partial charge >= 0.3 is 0 Å². The maximum Gasteiger partial charge on any atom is 0.171 e. The Morgan fingerprint density at radius 1 is 1.35 bits per heavy atom.